The third kappa shape index (κ3) is 4.55. The highest BCUT2D eigenvalue weighted by Crippen LogP contribution is 2.02. The van der Waals surface area contributed by atoms with Crippen molar-refractivity contribution in [1.29, 1.82) is 0 Å². The van der Waals surface area contributed by atoms with Gasteiger partial charge < -0.3 is 15.0 Å². The summed E-state index contributed by atoms with van der Waals surface area (Å²) < 4.78 is 5.01. The van der Waals surface area contributed by atoms with E-state index in [1.54, 1.807) is 19.5 Å². The highest BCUT2D eigenvalue weighted by molar-refractivity contribution is 5.29. The van der Waals surface area contributed by atoms with Crippen molar-refractivity contribution in [2.24, 2.45) is 0 Å². The van der Waals surface area contributed by atoms with E-state index in [1.165, 1.54) is 0 Å². The molecule has 0 aliphatic heterocycles. The average Bonchev–Trinajstić information content (AvgIpc) is 2.30. The van der Waals surface area contributed by atoms with Gasteiger partial charge >= 0.3 is 0 Å². The second-order valence-electron chi connectivity index (χ2n) is 3.73. The molecule has 0 amide bonds. The lowest BCUT2D eigenvalue weighted by Gasteiger charge is -2.15. The molecular formula is C11H20N4O. The van der Waals surface area contributed by atoms with Crippen molar-refractivity contribution >= 4 is 5.82 Å². The van der Waals surface area contributed by atoms with Gasteiger partial charge in [-0.25, -0.2) is 4.98 Å². The molecule has 1 aromatic heterocycles. The zero-order valence-corrected chi connectivity index (χ0v) is 10.2. The average molecular weight is 224 g/mol. The molecule has 0 aromatic carbocycles. The van der Waals surface area contributed by atoms with Crippen LogP contribution in [-0.4, -0.2) is 49.2 Å². The van der Waals surface area contributed by atoms with Gasteiger partial charge in [-0.2, -0.15) is 0 Å². The van der Waals surface area contributed by atoms with Crippen molar-refractivity contribution in [3.63, 3.8) is 0 Å². The number of aromatic nitrogens is 2. The summed E-state index contributed by atoms with van der Waals surface area (Å²) in [5.74, 6) is 0.797. The molecule has 0 unspecified atom stereocenters. The summed E-state index contributed by atoms with van der Waals surface area (Å²) in [4.78, 5) is 10.8. The van der Waals surface area contributed by atoms with E-state index in [9.17, 15) is 0 Å². The Labute approximate surface area is 96.8 Å². The number of nitrogens with one attached hydrogen (secondary N) is 1. The van der Waals surface area contributed by atoms with Gasteiger partial charge in [0, 0.05) is 33.9 Å². The summed E-state index contributed by atoms with van der Waals surface area (Å²) in [5.41, 5.74) is 0.985. The van der Waals surface area contributed by atoms with Crippen LogP contribution in [0.3, 0.4) is 0 Å². The molecule has 0 saturated heterocycles. The lowest BCUT2D eigenvalue weighted by molar-refractivity contribution is 0.177. The van der Waals surface area contributed by atoms with Gasteiger partial charge in [0.05, 0.1) is 18.1 Å². The molecule has 1 rings (SSSR count). The maximum atomic E-state index is 5.01. The fourth-order valence-corrected chi connectivity index (χ4v) is 1.40. The highest BCUT2D eigenvalue weighted by atomic mass is 16.5. The number of rotatable bonds is 7. The maximum Gasteiger partial charge on any atom is 0.144 e. The molecule has 90 valence electrons. The fourth-order valence-electron chi connectivity index (χ4n) is 1.40. The number of hydrogen-bond acceptors (Lipinski definition) is 5. The van der Waals surface area contributed by atoms with Crippen LogP contribution in [0.25, 0.3) is 0 Å². The number of hydrogen-bond donors (Lipinski definition) is 1. The van der Waals surface area contributed by atoms with Crippen molar-refractivity contribution in [1.82, 2.24) is 14.9 Å². The number of anilines is 1. The van der Waals surface area contributed by atoms with Crippen LogP contribution >= 0.6 is 0 Å². The van der Waals surface area contributed by atoms with Crippen molar-refractivity contribution in [2.75, 3.05) is 39.7 Å². The van der Waals surface area contributed by atoms with E-state index in [-0.39, 0.29) is 0 Å². The normalized spacial score (nSPS) is 10.8. The summed E-state index contributed by atoms with van der Waals surface area (Å²) in [5, 5.41) is 2.95. The number of methoxy groups -OCH3 is 1. The van der Waals surface area contributed by atoms with Gasteiger partial charge in [-0.1, -0.05) is 0 Å². The topological polar surface area (TPSA) is 50.3 Å². The molecule has 5 nitrogen and oxygen atoms in total. The predicted molar refractivity (Wildman–Crippen MR) is 64.4 cm³/mol. The molecule has 16 heavy (non-hydrogen) atoms. The van der Waals surface area contributed by atoms with E-state index in [0.29, 0.717) is 0 Å². The number of ether oxygens (including phenoxy) is 1. The third-order valence-corrected chi connectivity index (χ3v) is 2.28. The van der Waals surface area contributed by atoms with Gasteiger partial charge in [-0.15, -0.1) is 0 Å². The van der Waals surface area contributed by atoms with E-state index in [2.05, 4.69) is 27.2 Å². The molecule has 5 heteroatoms. The van der Waals surface area contributed by atoms with Crippen LogP contribution in [0.2, 0.25) is 0 Å². The van der Waals surface area contributed by atoms with Gasteiger partial charge in [-0.05, 0) is 13.5 Å². The second-order valence-corrected chi connectivity index (χ2v) is 3.73. The maximum absolute atomic E-state index is 5.01. The van der Waals surface area contributed by atoms with E-state index in [0.717, 1.165) is 37.6 Å². The molecule has 0 bridgehead atoms. The van der Waals surface area contributed by atoms with E-state index in [1.807, 2.05) is 7.05 Å². The van der Waals surface area contributed by atoms with Gasteiger partial charge in [0.25, 0.3) is 0 Å². The first-order valence-corrected chi connectivity index (χ1v) is 5.42. The highest BCUT2D eigenvalue weighted by Gasteiger charge is 2.01. The lowest BCUT2D eigenvalue weighted by Crippen LogP contribution is -2.21. The molecule has 0 fully saturated rings. The van der Waals surface area contributed by atoms with Crippen molar-refractivity contribution < 1.29 is 4.74 Å². The molecular weight excluding hydrogens is 204 g/mol. The van der Waals surface area contributed by atoms with E-state index < -0.39 is 0 Å². The van der Waals surface area contributed by atoms with Gasteiger partial charge in [-0.3, -0.25) is 4.98 Å². The molecule has 1 heterocycles. The first-order chi connectivity index (χ1) is 7.76. The Morgan fingerprint density at radius 1 is 1.38 bits per heavy atom. The van der Waals surface area contributed by atoms with Crippen molar-refractivity contribution in [3.05, 3.63) is 18.1 Å². The Kier molecular flexibility index (Phi) is 5.74. The third-order valence-electron chi connectivity index (χ3n) is 2.28. The molecule has 1 aromatic rings. The van der Waals surface area contributed by atoms with Gasteiger partial charge in [0.1, 0.15) is 5.82 Å². The van der Waals surface area contributed by atoms with Crippen LogP contribution in [0.15, 0.2) is 12.4 Å². The molecule has 0 radical (unpaired) electrons. The zero-order valence-electron chi connectivity index (χ0n) is 10.2. The summed E-state index contributed by atoms with van der Waals surface area (Å²) in [6.07, 6.45) is 4.59. The largest absolute Gasteiger partial charge is 0.385 e. The SMILES string of the molecule is CNc1cnc(CN(C)CCCOC)cn1. The van der Waals surface area contributed by atoms with Crippen LogP contribution in [0.1, 0.15) is 12.1 Å². The Bertz CT molecular complexity index is 289. The first-order valence-electron chi connectivity index (χ1n) is 5.42. The molecule has 0 aliphatic rings. The molecule has 1 N–H and O–H groups in total. The smallest absolute Gasteiger partial charge is 0.144 e. The standard InChI is InChI=1S/C11H20N4O/c1-12-11-8-13-10(7-14-11)9-15(2)5-4-6-16-3/h7-8H,4-6,9H2,1-3H3,(H,12,14). The molecule has 0 spiro atoms. The van der Waals surface area contributed by atoms with Crippen LogP contribution in [0, 0.1) is 0 Å². The molecule has 0 saturated carbocycles. The van der Waals surface area contributed by atoms with Crippen LogP contribution in [-0.2, 0) is 11.3 Å². The number of nitrogens with zero attached hydrogens (tertiary/aromatic N) is 3. The second kappa shape index (κ2) is 7.14. The fraction of sp³-hybridized carbons (Fsp3) is 0.636. The predicted octanol–water partition coefficient (Wildman–Crippen LogP) is 0.987. The minimum absolute atomic E-state index is 0.797. The van der Waals surface area contributed by atoms with Crippen molar-refractivity contribution in [3.8, 4) is 0 Å². The van der Waals surface area contributed by atoms with Gasteiger partial charge in [0.2, 0.25) is 0 Å². The summed E-state index contributed by atoms with van der Waals surface area (Å²) >= 11 is 0. The summed E-state index contributed by atoms with van der Waals surface area (Å²) in [6, 6.07) is 0. The Morgan fingerprint density at radius 3 is 2.75 bits per heavy atom. The van der Waals surface area contributed by atoms with E-state index >= 15 is 0 Å². The zero-order chi connectivity index (χ0) is 11.8. The molecule has 0 aliphatic carbocycles. The quantitative estimate of drug-likeness (QED) is 0.700. The summed E-state index contributed by atoms with van der Waals surface area (Å²) in [7, 11) is 5.63. The van der Waals surface area contributed by atoms with Gasteiger partial charge in [0.15, 0.2) is 0 Å². The van der Waals surface area contributed by atoms with Crippen LogP contribution < -0.4 is 5.32 Å². The van der Waals surface area contributed by atoms with E-state index in [4.69, 9.17) is 4.74 Å². The van der Waals surface area contributed by atoms with Crippen LogP contribution in [0.4, 0.5) is 5.82 Å². The minimum atomic E-state index is 0.797. The first kappa shape index (κ1) is 12.9. The monoisotopic (exact) mass is 224 g/mol. The van der Waals surface area contributed by atoms with Crippen molar-refractivity contribution in [2.45, 2.75) is 13.0 Å². The summed E-state index contributed by atoms with van der Waals surface area (Å²) in [6.45, 7) is 2.62. The lowest BCUT2D eigenvalue weighted by atomic mass is 10.3. The van der Waals surface area contributed by atoms with Crippen LogP contribution in [0.5, 0.6) is 0 Å². The Morgan fingerprint density at radius 2 is 2.19 bits per heavy atom. The molecule has 0 atom stereocenters. The Balaban J connectivity index is 2.34. The Hall–Kier alpha value is -1.20. The minimum Gasteiger partial charge on any atom is -0.385 e.